The third-order valence-corrected chi connectivity index (χ3v) is 6.48. The maximum absolute atomic E-state index is 12.7. The van der Waals surface area contributed by atoms with E-state index in [0.29, 0.717) is 16.5 Å². The summed E-state index contributed by atoms with van der Waals surface area (Å²) in [6.45, 7) is 2.21. The summed E-state index contributed by atoms with van der Waals surface area (Å²) >= 11 is 1.12. The highest BCUT2D eigenvalue weighted by molar-refractivity contribution is 7.89. The van der Waals surface area contributed by atoms with Crippen molar-refractivity contribution in [2.24, 2.45) is 0 Å². The zero-order valence-corrected chi connectivity index (χ0v) is 19.3. The largest absolute Gasteiger partial charge is 0.497 e. The lowest BCUT2D eigenvalue weighted by atomic mass is 10.1. The van der Waals surface area contributed by atoms with Gasteiger partial charge in [-0.25, -0.2) is 18.1 Å². The molecule has 0 aliphatic rings. The number of aryl methyl sites for hydroxylation is 1. The molecule has 0 radical (unpaired) electrons. The average Bonchev–Trinajstić information content (AvgIpc) is 3.35. The maximum atomic E-state index is 12.7. The molecular formula is C22H21N3O5S2. The number of fused-ring (bicyclic) bond motifs is 1. The molecule has 166 valence electrons. The number of carbonyl (C=O) groups is 1. The van der Waals surface area contributed by atoms with Crippen molar-refractivity contribution in [1.29, 1.82) is 0 Å². The molecule has 0 aliphatic carbocycles. The minimum absolute atomic E-state index is 0.161. The summed E-state index contributed by atoms with van der Waals surface area (Å²) in [7, 11) is -2.14. The van der Waals surface area contributed by atoms with Crippen LogP contribution >= 0.6 is 11.3 Å². The van der Waals surface area contributed by atoms with Crippen molar-refractivity contribution in [2.75, 3.05) is 13.4 Å². The summed E-state index contributed by atoms with van der Waals surface area (Å²) in [5, 5.41) is 0.663. The number of amides is 1. The molecule has 1 amide bonds. The Morgan fingerprint density at radius 2 is 1.97 bits per heavy atom. The predicted molar refractivity (Wildman–Crippen MR) is 123 cm³/mol. The van der Waals surface area contributed by atoms with Crippen LogP contribution in [0.25, 0.3) is 16.0 Å². The molecule has 0 spiro atoms. The first-order valence-electron chi connectivity index (χ1n) is 9.60. The number of aromatic nitrogens is 2. The molecule has 10 heteroatoms. The highest BCUT2D eigenvalue weighted by atomic mass is 32.2. The van der Waals surface area contributed by atoms with E-state index in [9.17, 15) is 13.2 Å². The zero-order chi connectivity index (χ0) is 22.9. The summed E-state index contributed by atoms with van der Waals surface area (Å²) < 4.78 is 38.3. The van der Waals surface area contributed by atoms with Gasteiger partial charge in [-0.05, 0) is 30.2 Å². The highest BCUT2D eigenvalue weighted by Crippen LogP contribution is 2.35. The van der Waals surface area contributed by atoms with Crippen molar-refractivity contribution in [1.82, 2.24) is 14.3 Å². The van der Waals surface area contributed by atoms with E-state index in [1.807, 2.05) is 58.7 Å². The first-order valence-corrected chi connectivity index (χ1v) is 12.3. The van der Waals surface area contributed by atoms with E-state index in [-0.39, 0.29) is 11.5 Å². The summed E-state index contributed by atoms with van der Waals surface area (Å²) in [5.41, 5.74) is 3.56. The number of rotatable bonds is 7. The molecule has 0 unspecified atom stereocenters. The van der Waals surface area contributed by atoms with E-state index in [2.05, 4.69) is 4.98 Å². The van der Waals surface area contributed by atoms with Gasteiger partial charge in [0.25, 0.3) is 5.91 Å². The fraction of sp³-hybridized carbons (Fsp3) is 0.182. The number of methoxy groups -OCH3 is 1. The van der Waals surface area contributed by atoms with E-state index < -0.39 is 15.9 Å². The van der Waals surface area contributed by atoms with Gasteiger partial charge in [0.2, 0.25) is 10.0 Å². The molecule has 2 aromatic carbocycles. The lowest BCUT2D eigenvalue weighted by Crippen LogP contribution is -2.28. The van der Waals surface area contributed by atoms with Gasteiger partial charge in [-0.3, -0.25) is 9.36 Å². The molecule has 2 aromatic heterocycles. The van der Waals surface area contributed by atoms with Gasteiger partial charge < -0.3 is 9.47 Å². The van der Waals surface area contributed by atoms with Crippen LogP contribution in [0.3, 0.4) is 0 Å². The number of nitrogens with zero attached hydrogens (tertiary/aromatic N) is 2. The second kappa shape index (κ2) is 8.64. The van der Waals surface area contributed by atoms with Gasteiger partial charge >= 0.3 is 0 Å². The molecule has 4 rings (SSSR count). The number of carbonyl (C=O) groups excluding carboxylic acids is 1. The Bertz CT molecular complexity index is 1410. The van der Waals surface area contributed by atoms with Gasteiger partial charge in [-0.1, -0.05) is 24.3 Å². The number of benzene rings is 2. The number of sulfonamides is 1. The van der Waals surface area contributed by atoms with Crippen LogP contribution in [0.1, 0.15) is 20.8 Å². The van der Waals surface area contributed by atoms with Gasteiger partial charge in [0.1, 0.15) is 34.3 Å². The molecule has 8 nitrogen and oxygen atoms in total. The normalized spacial score (nSPS) is 11.5. The quantitative estimate of drug-likeness (QED) is 0.442. The molecule has 32 heavy (non-hydrogen) atoms. The van der Waals surface area contributed by atoms with Crippen LogP contribution < -0.4 is 14.2 Å². The first-order chi connectivity index (χ1) is 15.2. The minimum Gasteiger partial charge on any atom is -0.497 e. The molecule has 4 aromatic rings. The average molecular weight is 472 g/mol. The Balaban J connectivity index is 1.73. The van der Waals surface area contributed by atoms with E-state index in [0.717, 1.165) is 39.8 Å². The fourth-order valence-electron chi connectivity index (χ4n) is 3.18. The number of hydrogen-bond donors (Lipinski definition) is 1. The Hall–Kier alpha value is -3.37. The molecule has 0 atom stereocenters. The molecule has 1 N–H and O–H groups in total. The van der Waals surface area contributed by atoms with Crippen molar-refractivity contribution < 1.29 is 22.7 Å². The van der Waals surface area contributed by atoms with Crippen molar-refractivity contribution >= 4 is 38.3 Å². The van der Waals surface area contributed by atoms with Gasteiger partial charge in [0, 0.05) is 12.1 Å². The van der Waals surface area contributed by atoms with Crippen LogP contribution in [0.15, 0.2) is 54.9 Å². The molecular weight excluding hydrogens is 450 g/mol. The van der Waals surface area contributed by atoms with Crippen molar-refractivity contribution in [3.63, 3.8) is 0 Å². The Kier molecular flexibility index (Phi) is 5.90. The molecule has 0 aliphatic heterocycles. The molecule has 0 bridgehead atoms. The third-order valence-electron chi connectivity index (χ3n) is 4.81. The standard InChI is InChI=1S/C22H21N3O5S2/c1-14-6-4-5-7-15(14)12-30-19-11-20(31-21(19)22(26)24-32(3,27)28)25-13-23-17-10-16(29-2)8-9-18(17)25/h4-11,13H,12H2,1-3H3,(H,24,26). The lowest BCUT2D eigenvalue weighted by molar-refractivity contribution is 0.0981. The second-order valence-electron chi connectivity index (χ2n) is 7.17. The summed E-state index contributed by atoms with van der Waals surface area (Å²) in [6, 6.07) is 15.0. The van der Waals surface area contributed by atoms with E-state index in [1.165, 1.54) is 0 Å². The monoisotopic (exact) mass is 471 g/mol. The molecule has 2 heterocycles. The summed E-state index contributed by atoms with van der Waals surface area (Å²) in [6.07, 6.45) is 2.57. The number of thiophene rings is 1. The van der Waals surface area contributed by atoms with Crippen LogP contribution in [0.5, 0.6) is 11.5 Å². The van der Waals surface area contributed by atoms with E-state index in [1.54, 1.807) is 19.5 Å². The number of imidazole rings is 1. The highest BCUT2D eigenvalue weighted by Gasteiger charge is 2.22. The maximum Gasteiger partial charge on any atom is 0.278 e. The molecule has 0 fully saturated rings. The van der Waals surface area contributed by atoms with Crippen LogP contribution in [0.2, 0.25) is 0 Å². The van der Waals surface area contributed by atoms with Crippen LogP contribution in [-0.4, -0.2) is 37.2 Å². The van der Waals surface area contributed by atoms with Crippen molar-refractivity contribution in [3.05, 3.63) is 70.9 Å². The van der Waals surface area contributed by atoms with Gasteiger partial charge in [-0.15, -0.1) is 11.3 Å². The Morgan fingerprint density at radius 1 is 1.19 bits per heavy atom. The summed E-state index contributed by atoms with van der Waals surface area (Å²) in [5.74, 6) is 0.240. The Labute approximate surface area is 189 Å². The van der Waals surface area contributed by atoms with Crippen LogP contribution in [0, 0.1) is 6.92 Å². The number of nitrogens with one attached hydrogen (secondary N) is 1. The Morgan fingerprint density at radius 3 is 2.69 bits per heavy atom. The second-order valence-corrected chi connectivity index (χ2v) is 9.94. The van der Waals surface area contributed by atoms with Crippen molar-refractivity contribution in [3.8, 4) is 16.5 Å². The molecule has 0 saturated carbocycles. The van der Waals surface area contributed by atoms with E-state index >= 15 is 0 Å². The topological polar surface area (TPSA) is 99.5 Å². The first kappa shape index (κ1) is 21.8. The van der Waals surface area contributed by atoms with Crippen molar-refractivity contribution in [2.45, 2.75) is 13.5 Å². The smallest absolute Gasteiger partial charge is 0.278 e. The van der Waals surface area contributed by atoms with Crippen LogP contribution in [-0.2, 0) is 16.6 Å². The number of hydrogen-bond acceptors (Lipinski definition) is 7. The van der Waals surface area contributed by atoms with Crippen LogP contribution in [0.4, 0.5) is 0 Å². The lowest BCUT2D eigenvalue weighted by Gasteiger charge is -2.09. The third kappa shape index (κ3) is 4.61. The fourth-order valence-corrected chi connectivity index (χ4v) is 4.67. The zero-order valence-electron chi connectivity index (χ0n) is 17.7. The van der Waals surface area contributed by atoms with E-state index in [4.69, 9.17) is 9.47 Å². The van der Waals surface area contributed by atoms with Gasteiger partial charge in [-0.2, -0.15) is 0 Å². The molecule has 0 saturated heterocycles. The van der Waals surface area contributed by atoms with Gasteiger partial charge in [0.05, 0.1) is 24.4 Å². The minimum atomic E-state index is -3.73. The SMILES string of the molecule is COc1ccc2c(c1)ncn2-c1cc(OCc2ccccc2C)c(C(=O)NS(C)(=O)=O)s1. The van der Waals surface area contributed by atoms with Gasteiger partial charge in [0.15, 0.2) is 0 Å². The number of ether oxygens (including phenoxy) is 2. The summed E-state index contributed by atoms with van der Waals surface area (Å²) in [4.78, 5) is 17.3. The predicted octanol–water partition coefficient (Wildman–Crippen LogP) is 3.67.